The molecule has 0 aromatic rings. The smallest absolute Gasteiger partial charge is 0.144 e. The van der Waals surface area contributed by atoms with E-state index in [2.05, 4.69) is 22.9 Å². The van der Waals surface area contributed by atoms with Crippen LogP contribution in [0.1, 0.15) is 25.7 Å². The number of nitrogens with one attached hydrogen (secondary N) is 2. The van der Waals surface area contributed by atoms with Gasteiger partial charge in [-0.15, -0.1) is 0 Å². The van der Waals surface area contributed by atoms with Crippen molar-refractivity contribution in [3.8, 4) is 0 Å². The minimum Gasteiger partial charge on any atom is -0.361 e. The molecule has 60 valence electrons. The number of fused-ring (bicyclic) bond motifs is 1. The zero-order valence-electron chi connectivity index (χ0n) is 6.69. The highest BCUT2D eigenvalue weighted by Crippen LogP contribution is 2.23. The molecular formula is C9H14N2. The highest BCUT2D eigenvalue weighted by atomic mass is 15.2. The van der Waals surface area contributed by atoms with Crippen LogP contribution in [0.15, 0.2) is 18.1 Å². The molecule has 11 heavy (non-hydrogen) atoms. The van der Waals surface area contributed by atoms with Crippen LogP contribution < -0.4 is 10.6 Å². The molecule has 1 saturated carbocycles. The Morgan fingerprint density at radius 1 is 1.18 bits per heavy atom. The maximum absolute atomic E-state index is 3.61. The van der Waals surface area contributed by atoms with Gasteiger partial charge in [0.2, 0.25) is 0 Å². The van der Waals surface area contributed by atoms with Crippen molar-refractivity contribution in [1.82, 2.24) is 10.6 Å². The van der Waals surface area contributed by atoms with Crippen LogP contribution >= 0.6 is 0 Å². The van der Waals surface area contributed by atoms with Crippen LogP contribution in [0.4, 0.5) is 0 Å². The molecule has 2 fully saturated rings. The summed E-state index contributed by atoms with van der Waals surface area (Å²) >= 11 is 0. The SMILES string of the molecule is C=C=C1N[C@H]2CCCC[C@@H]2N1. The molecular weight excluding hydrogens is 136 g/mol. The zero-order valence-corrected chi connectivity index (χ0v) is 6.69. The van der Waals surface area contributed by atoms with E-state index in [4.69, 9.17) is 0 Å². The predicted molar refractivity (Wildman–Crippen MR) is 45.0 cm³/mol. The number of rotatable bonds is 0. The van der Waals surface area contributed by atoms with Gasteiger partial charge in [0.25, 0.3) is 0 Å². The van der Waals surface area contributed by atoms with Crippen LogP contribution in [0.2, 0.25) is 0 Å². The fourth-order valence-electron chi connectivity index (χ4n) is 1.99. The second-order valence-corrected chi connectivity index (χ2v) is 3.34. The van der Waals surface area contributed by atoms with E-state index in [1.807, 2.05) is 0 Å². The highest BCUT2D eigenvalue weighted by Gasteiger charge is 2.30. The molecule has 0 radical (unpaired) electrons. The Balaban J connectivity index is 2.09. The summed E-state index contributed by atoms with van der Waals surface area (Å²) in [6.07, 6.45) is 5.31. The Morgan fingerprint density at radius 3 is 2.18 bits per heavy atom. The molecule has 2 N–H and O–H groups in total. The molecule has 1 aliphatic carbocycles. The van der Waals surface area contributed by atoms with Crippen LogP contribution in [0.25, 0.3) is 0 Å². The van der Waals surface area contributed by atoms with E-state index in [-0.39, 0.29) is 0 Å². The van der Waals surface area contributed by atoms with E-state index >= 15 is 0 Å². The summed E-state index contributed by atoms with van der Waals surface area (Å²) in [7, 11) is 0. The van der Waals surface area contributed by atoms with Gasteiger partial charge in [-0.1, -0.05) is 25.2 Å². The molecule has 2 rings (SSSR count). The Hall–Kier alpha value is -0.880. The molecule has 0 bridgehead atoms. The van der Waals surface area contributed by atoms with Gasteiger partial charge in [0.15, 0.2) is 0 Å². The monoisotopic (exact) mass is 150 g/mol. The Kier molecular flexibility index (Phi) is 1.63. The summed E-state index contributed by atoms with van der Waals surface area (Å²) in [5.74, 6) is 1.00. The fourth-order valence-corrected chi connectivity index (χ4v) is 1.99. The second kappa shape index (κ2) is 2.63. The van der Waals surface area contributed by atoms with E-state index in [0.29, 0.717) is 12.1 Å². The first kappa shape index (κ1) is 6.81. The Morgan fingerprint density at radius 2 is 1.73 bits per heavy atom. The van der Waals surface area contributed by atoms with Gasteiger partial charge in [-0.25, -0.2) is 0 Å². The van der Waals surface area contributed by atoms with Gasteiger partial charge in [0.1, 0.15) is 5.82 Å². The quantitative estimate of drug-likeness (QED) is 0.506. The van der Waals surface area contributed by atoms with E-state index in [9.17, 15) is 0 Å². The lowest BCUT2D eigenvalue weighted by molar-refractivity contribution is 0.374. The molecule has 0 aromatic carbocycles. The molecule has 0 unspecified atom stereocenters. The highest BCUT2D eigenvalue weighted by molar-refractivity contribution is 5.09. The minimum atomic E-state index is 0.646. The first-order chi connectivity index (χ1) is 5.40. The molecule has 2 atom stereocenters. The van der Waals surface area contributed by atoms with Crippen molar-refractivity contribution in [2.45, 2.75) is 37.8 Å². The van der Waals surface area contributed by atoms with Crippen LogP contribution in [0, 0.1) is 0 Å². The lowest BCUT2D eigenvalue weighted by Gasteiger charge is -2.23. The van der Waals surface area contributed by atoms with Crippen molar-refractivity contribution in [1.29, 1.82) is 0 Å². The molecule has 0 aromatic heterocycles. The van der Waals surface area contributed by atoms with Gasteiger partial charge in [0.05, 0.1) is 0 Å². The third kappa shape index (κ3) is 1.14. The van der Waals surface area contributed by atoms with Crippen LogP contribution in [0.5, 0.6) is 0 Å². The average Bonchev–Trinajstić information content (AvgIpc) is 2.46. The summed E-state index contributed by atoms with van der Waals surface area (Å²) in [5, 5.41) is 6.75. The molecule has 2 heteroatoms. The van der Waals surface area contributed by atoms with Gasteiger partial charge in [-0.3, -0.25) is 0 Å². The molecule has 2 aliphatic rings. The Labute approximate surface area is 67.4 Å². The van der Waals surface area contributed by atoms with Crippen molar-refractivity contribution in [2.75, 3.05) is 0 Å². The van der Waals surface area contributed by atoms with E-state index in [1.165, 1.54) is 25.7 Å². The predicted octanol–water partition coefficient (Wildman–Crippen LogP) is 1.12. The van der Waals surface area contributed by atoms with Gasteiger partial charge in [-0.05, 0) is 12.8 Å². The summed E-state index contributed by atoms with van der Waals surface area (Å²) in [6, 6.07) is 1.29. The number of hydrogen-bond donors (Lipinski definition) is 2. The van der Waals surface area contributed by atoms with Gasteiger partial charge < -0.3 is 10.6 Å². The third-order valence-corrected chi connectivity index (χ3v) is 2.60. The lowest BCUT2D eigenvalue weighted by Crippen LogP contribution is -2.36. The van der Waals surface area contributed by atoms with Gasteiger partial charge >= 0.3 is 0 Å². The normalized spacial score (nSPS) is 35.1. The summed E-state index contributed by atoms with van der Waals surface area (Å²) < 4.78 is 0. The molecule has 1 heterocycles. The van der Waals surface area contributed by atoms with Crippen molar-refractivity contribution in [3.05, 3.63) is 18.1 Å². The van der Waals surface area contributed by atoms with Crippen LogP contribution in [-0.2, 0) is 0 Å². The topological polar surface area (TPSA) is 24.1 Å². The molecule has 2 nitrogen and oxygen atoms in total. The van der Waals surface area contributed by atoms with E-state index < -0.39 is 0 Å². The number of hydrogen-bond acceptors (Lipinski definition) is 2. The largest absolute Gasteiger partial charge is 0.361 e. The maximum atomic E-state index is 3.61. The molecule has 1 aliphatic heterocycles. The standard InChI is InChI=1S/C9H14N2/c1-2-9-10-7-5-3-4-6-8(7)11-9/h7-8,10-11H,1,3-6H2/t7-,8-/m0/s1. The van der Waals surface area contributed by atoms with Crippen LogP contribution in [0.3, 0.4) is 0 Å². The molecule has 1 saturated heterocycles. The fraction of sp³-hybridized carbons (Fsp3) is 0.667. The van der Waals surface area contributed by atoms with E-state index in [0.717, 1.165) is 5.82 Å². The second-order valence-electron chi connectivity index (χ2n) is 3.34. The lowest BCUT2D eigenvalue weighted by atomic mass is 9.92. The van der Waals surface area contributed by atoms with Crippen molar-refractivity contribution >= 4 is 0 Å². The van der Waals surface area contributed by atoms with Crippen molar-refractivity contribution < 1.29 is 0 Å². The van der Waals surface area contributed by atoms with Crippen molar-refractivity contribution in [3.63, 3.8) is 0 Å². The minimum absolute atomic E-state index is 0.646. The zero-order chi connectivity index (χ0) is 7.68. The average molecular weight is 150 g/mol. The third-order valence-electron chi connectivity index (χ3n) is 2.60. The summed E-state index contributed by atoms with van der Waals surface area (Å²) in [5.41, 5.74) is 2.86. The van der Waals surface area contributed by atoms with Crippen molar-refractivity contribution in [2.24, 2.45) is 0 Å². The summed E-state index contributed by atoms with van der Waals surface area (Å²) in [6.45, 7) is 3.61. The molecule has 0 amide bonds. The van der Waals surface area contributed by atoms with Crippen LogP contribution in [-0.4, -0.2) is 12.1 Å². The molecule has 0 spiro atoms. The van der Waals surface area contributed by atoms with Gasteiger partial charge in [0, 0.05) is 12.1 Å². The maximum Gasteiger partial charge on any atom is 0.144 e. The Bertz CT molecular complexity index is 188. The first-order valence-corrected chi connectivity index (χ1v) is 4.33. The van der Waals surface area contributed by atoms with E-state index in [1.54, 1.807) is 0 Å². The summed E-state index contributed by atoms with van der Waals surface area (Å²) in [4.78, 5) is 0. The van der Waals surface area contributed by atoms with Gasteiger partial charge in [-0.2, -0.15) is 0 Å². The first-order valence-electron chi connectivity index (χ1n) is 4.33.